The molecule has 3 aromatic rings. The number of para-hydroxylation sites is 1. The number of thiophene rings is 1. The van der Waals surface area contributed by atoms with Gasteiger partial charge in [0.15, 0.2) is 0 Å². The minimum absolute atomic E-state index is 0.117. The van der Waals surface area contributed by atoms with Crippen LogP contribution in [0.5, 0.6) is 11.6 Å². The van der Waals surface area contributed by atoms with Crippen molar-refractivity contribution < 1.29 is 19.4 Å². The molecule has 0 spiro atoms. The van der Waals surface area contributed by atoms with E-state index in [2.05, 4.69) is 27.4 Å². The standard InChI is InChI=1S/C24H28N2O4S2/c1-29-21-8-7-18-4-2-5-20(23(18)25-21)30-13-10-17-9-11-26(16-19(17)24(27)28)12-15-32-22-6-3-14-31-22/h2-8,14,17,19H,9-13,15-16H2,1H3,(H,27,28). The summed E-state index contributed by atoms with van der Waals surface area (Å²) in [5.74, 6) is 1.29. The number of carbonyl (C=O) groups is 1. The number of benzene rings is 1. The van der Waals surface area contributed by atoms with E-state index >= 15 is 0 Å². The van der Waals surface area contributed by atoms with Crippen LogP contribution in [0.15, 0.2) is 52.1 Å². The lowest BCUT2D eigenvalue weighted by molar-refractivity contribution is -0.146. The molecule has 32 heavy (non-hydrogen) atoms. The second kappa shape index (κ2) is 11.0. The van der Waals surface area contributed by atoms with Crippen molar-refractivity contribution in [2.75, 3.05) is 39.1 Å². The highest BCUT2D eigenvalue weighted by molar-refractivity contribution is 8.01. The molecule has 6 nitrogen and oxygen atoms in total. The first-order valence-electron chi connectivity index (χ1n) is 10.8. The highest BCUT2D eigenvalue weighted by Crippen LogP contribution is 2.30. The number of likely N-dealkylation sites (tertiary alicyclic amines) is 1. The largest absolute Gasteiger partial charge is 0.491 e. The molecule has 170 valence electrons. The molecule has 4 rings (SSSR count). The SMILES string of the molecule is COc1ccc2cccc(OCCC3CCN(CCSc4cccs4)CC3C(=O)O)c2n1. The van der Waals surface area contributed by atoms with Crippen LogP contribution in [-0.4, -0.2) is 60.1 Å². The molecular formula is C24H28N2O4S2. The monoisotopic (exact) mass is 472 g/mol. The molecule has 0 bridgehead atoms. The summed E-state index contributed by atoms with van der Waals surface area (Å²) in [5.41, 5.74) is 0.764. The number of hydrogen-bond donors (Lipinski definition) is 1. The number of thioether (sulfide) groups is 1. The van der Waals surface area contributed by atoms with Crippen LogP contribution in [0.3, 0.4) is 0 Å². The summed E-state index contributed by atoms with van der Waals surface area (Å²) >= 11 is 3.59. The Hall–Kier alpha value is -2.29. The fraction of sp³-hybridized carbons (Fsp3) is 0.417. The fourth-order valence-electron chi connectivity index (χ4n) is 4.17. The normalized spacial score (nSPS) is 19.2. The summed E-state index contributed by atoms with van der Waals surface area (Å²) < 4.78 is 12.6. The van der Waals surface area contributed by atoms with E-state index in [4.69, 9.17) is 9.47 Å². The third-order valence-electron chi connectivity index (χ3n) is 5.92. The topological polar surface area (TPSA) is 71.9 Å². The van der Waals surface area contributed by atoms with E-state index in [1.54, 1.807) is 18.4 Å². The number of methoxy groups -OCH3 is 1. The van der Waals surface area contributed by atoms with Gasteiger partial charge in [0.05, 0.1) is 23.8 Å². The molecule has 2 aromatic heterocycles. The van der Waals surface area contributed by atoms with E-state index in [1.807, 2.05) is 42.1 Å². The lowest BCUT2D eigenvalue weighted by Gasteiger charge is -2.36. The summed E-state index contributed by atoms with van der Waals surface area (Å²) in [4.78, 5) is 18.8. The van der Waals surface area contributed by atoms with Crippen LogP contribution in [0, 0.1) is 11.8 Å². The Kier molecular flexibility index (Phi) is 7.89. The van der Waals surface area contributed by atoms with Crippen molar-refractivity contribution in [2.24, 2.45) is 11.8 Å². The van der Waals surface area contributed by atoms with Gasteiger partial charge < -0.3 is 19.5 Å². The number of pyridine rings is 1. The molecule has 0 amide bonds. The number of hydrogen-bond acceptors (Lipinski definition) is 7. The predicted molar refractivity (Wildman–Crippen MR) is 129 cm³/mol. The fourth-order valence-corrected chi connectivity index (χ4v) is 6.03. The molecule has 2 unspecified atom stereocenters. The van der Waals surface area contributed by atoms with E-state index in [9.17, 15) is 9.90 Å². The first-order chi connectivity index (χ1) is 15.6. The van der Waals surface area contributed by atoms with Crippen molar-refractivity contribution in [3.05, 3.63) is 47.8 Å². The molecule has 2 atom stereocenters. The van der Waals surface area contributed by atoms with Crippen molar-refractivity contribution in [1.82, 2.24) is 9.88 Å². The maximum absolute atomic E-state index is 12.0. The molecule has 0 saturated carbocycles. The maximum atomic E-state index is 12.0. The van der Waals surface area contributed by atoms with Gasteiger partial charge in [-0.1, -0.05) is 18.2 Å². The Morgan fingerprint density at radius 3 is 2.97 bits per heavy atom. The first kappa shape index (κ1) is 22.9. The second-order valence-electron chi connectivity index (χ2n) is 7.89. The average molecular weight is 473 g/mol. The van der Waals surface area contributed by atoms with E-state index in [0.717, 1.165) is 42.6 Å². The number of fused-ring (bicyclic) bond motifs is 1. The number of ether oxygens (including phenoxy) is 2. The van der Waals surface area contributed by atoms with E-state index in [0.29, 0.717) is 24.8 Å². The predicted octanol–water partition coefficient (Wildman–Crippen LogP) is 4.89. The number of nitrogens with zero attached hydrogens (tertiary/aromatic N) is 2. The summed E-state index contributed by atoms with van der Waals surface area (Å²) in [6.07, 6.45) is 1.60. The van der Waals surface area contributed by atoms with Crippen molar-refractivity contribution in [3.8, 4) is 11.6 Å². The van der Waals surface area contributed by atoms with Crippen LogP contribution in [0.2, 0.25) is 0 Å². The zero-order chi connectivity index (χ0) is 22.3. The Morgan fingerprint density at radius 1 is 1.28 bits per heavy atom. The zero-order valence-electron chi connectivity index (χ0n) is 18.1. The third kappa shape index (κ3) is 5.74. The minimum Gasteiger partial charge on any atom is -0.491 e. The molecule has 0 aliphatic carbocycles. The van der Waals surface area contributed by atoms with Gasteiger partial charge in [-0.05, 0) is 48.9 Å². The van der Waals surface area contributed by atoms with Gasteiger partial charge in [-0.3, -0.25) is 4.79 Å². The Bertz CT molecular complexity index is 1030. The van der Waals surface area contributed by atoms with Crippen LogP contribution in [0.25, 0.3) is 10.9 Å². The third-order valence-corrected chi connectivity index (χ3v) is 8.03. The summed E-state index contributed by atoms with van der Waals surface area (Å²) in [7, 11) is 1.59. The maximum Gasteiger partial charge on any atom is 0.308 e. The van der Waals surface area contributed by atoms with Crippen molar-refractivity contribution in [1.29, 1.82) is 0 Å². The molecule has 8 heteroatoms. The smallest absolute Gasteiger partial charge is 0.308 e. The molecule has 0 radical (unpaired) electrons. The molecule has 1 aromatic carbocycles. The Morgan fingerprint density at radius 2 is 2.19 bits per heavy atom. The van der Waals surface area contributed by atoms with Crippen LogP contribution < -0.4 is 9.47 Å². The lowest BCUT2D eigenvalue weighted by Crippen LogP contribution is -2.45. The number of piperidine rings is 1. The molecule has 1 aliphatic rings. The van der Waals surface area contributed by atoms with Crippen LogP contribution >= 0.6 is 23.1 Å². The van der Waals surface area contributed by atoms with Gasteiger partial charge in [-0.25, -0.2) is 4.98 Å². The van der Waals surface area contributed by atoms with Gasteiger partial charge in [-0.15, -0.1) is 23.1 Å². The Labute approximate surface area is 196 Å². The van der Waals surface area contributed by atoms with Crippen LogP contribution in [0.4, 0.5) is 0 Å². The molecular weight excluding hydrogens is 444 g/mol. The van der Waals surface area contributed by atoms with Gasteiger partial charge >= 0.3 is 5.97 Å². The summed E-state index contributed by atoms with van der Waals surface area (Å²) in [5, 5.41) is 12.9. The van der Waals surface area contributed by atoms with Gasteiger partial charge in [0.2, 0.25) is 5.88 Å². The van der Waals surface area contributed by atoms with Crippen LogP contribution in [-0.2, 0) is 4.79 Å². The quantitative estimate of drug-likeness (QED) is 0.421. The minimum atomic E-state index is -0.706. The summed E-state index contributed by atoms with van der Waals surface area (Å²) in [6, 6.07) is 13.8. The average Bonchev–Trinajstić information content (AvgIpc) is 3.33. The van der Waals surface area contributed by atoms with Crippen molar-refractivity contribution >= 4 is 40.0 Å². The second-order valence-corrected chi connectivity index (χ2v) is 10.2. The molecule has 1 fully saturated rings. The van der Waals surface area contributed by atoms with E-state index < -0.39 is 5.97 Å². The van der Waals surface area contributed by atoms with Crippen molar-refractivity contribution in [3.63, 3.8) is 0 Å². The number of rotatable bonds is 10. The Balaban J connectivity index is 1.30. The van der Waals surface area contributed by atoms with Gasteiger partial charge in [0.25, 0.3) is 0 Å². The number of aliphatic carboxylic acids is 1. The molecule has 1 aliphatic heterocycles. The van der Waals surface area contributed by atoms with Crippen LogP contribution in [0.1, 0.15) is 12.8 Å². The highest BCUT2D eigenvalue weighted by atomic mass is 32.2. The lowest BCUT2D eigenvalue weighted by atomic mass is 9.83. The molecule has 1 saturated heterocycles. The summed E-state index contributed by atoms with van der Waals surface area (Å²) in [6.45, 7) is 2.93. The molecule has 1 N–H and O–H groups in total. The molecule has 3 heterocycles. The van der Waals surface area contributed by atoms with E-state index in [-0.39, 0.29) is 11.8 Å². The van der Waals surface area contributed by atoms with Gasteiger partial charge in [0.1, 0.15) is 11.3 Å². The highest BCUT2D eigenvalue weighted by Gasteiger charge is 2.34. The number of carboxylic acids is 1. The zero-order valence-corrected chi connectivity index (χ0v) is 19.7. The first-order valence-corrected chi connectivity index (χ1v) is 12.7. The number of carboxylic acid groups (broad SMARTS) is 1. The van der Waals surface area contributed by atoms with Gasteiger partial charge in [0, 0.05) is 30.3 Å². The van der Waals surface area contributed by atoms with Gasteiger partial charge in [-0.2, -0.15) is 0 Å². The van der Waals surface area contributed by atoms with Crippen molar-refractivity contribution in [2.45, 2.75) is 17.1 Å². The van der Waals surface area contributed by atoms with E-state index in [1.165, 1.54) is 4.21 Å². The number of aromatic nitrogens is 1.